The van der Waals surface area contributed by atoms with Gasteiger partial charge in [-0.3, -0.25) is 4.79 Å². The number of amides is 1. The quantitative estimate of drug-likeness (QED) is 0.783. The smallest absolute Gasteiger partial charge is 0.406 e. The summed E-state index contributed by atoms with van der Waals surface area (Å²) in [5.41, 5.74) is 1.21. The molecule has 0 bridgehead atoms. The van der Waals surface area contributed by atoms with Gasteiger partial charge in [-0.2, -0.15) is 0 Å². The molecule has 9 heteroatoms. The van der Waals surface area contributed by atoms with Crippen molar-refractivity contribution in [3.8, 4) is 5.75 Å². The summed E-state index contributed by atoms with van der Waals surface area (Å²) >= 11 is 5.37. The number of thiocarbonyl (C=S) groups is 1. The summed E-state index contributed by atoms with van der Waals surface area (Å²) in [7, 11) is 0. The lowest BCUT2D eigenvalue weighted by Crippen LogP contribution is -2.51. The van der Waals surface area contributed by atoms with Crippen LogP contribution >= 0.6 is 12.2 Å². The average Bonchev–Trinajstić information content (AvgIpc) is 2.68. The van der Waals surface area contributed by atoms with Crippen molar-refractivity contribution in [3.05, 3.63) is 60.2 Å². The first-order valence-electron chi connectivity index (χ1n) is 8.58. The molecule has 1 fully saturated rings. The first-order valence-corrected chi connectivity index (χ1v) is 8.99. The maximum Gasteiger partial charge on any atom is 0.573 e. The number of piperazine rings is 1. The number of alkyl halides is 3. The van der Waals surface area contributed by atoms with E-state index in [0.717, 1.165) is 0 Å². The van der Waals surface area contributed by atoms with E-state index in [9.17, 15) is 18.0 Å². The van der Waals surface area contributed by atoms with Crippen LogP contribution in [0, 0.1) is 0 Å². The lowest BCUT2D eigenvalue weighted by atomic mass is 10.2. The van der Waals surface area contributed by atoms with E-state index in [1.54, 1.807) is 17.0 Å². The summed E-state index contributed by atoms with van der Waals surface area (Å²) in [4.78, 5) is 16.2. The Kier molecular flexibility index (Phi) is 6.03. The van der Waals surface area contributed by atoms with Gasteiger partial charge in [0, 0.05) is 37.4 Å². The molecule has 2 aromatic rings. The van der Waals surface area contributed by atoms with E-state index in [2.05, 4.69) is 10.1 Å². The maximum absolute atomic E-state index is 12.5. The molecule has 2 aromatic carbocycles. The van der Waals surface area contributed by atoms with E-state index in [4.69, 9.17) is 12.2 Å². The van der Waals surface area contributed by atoms with E-state index in [1.165, 1.54) is 24.3 Å². The largest absolute Gasteiger partial charge is 0.573 e. The van der Waals surface area contributed by atoms with Crippen LogP contribution in [0.25, 0.3) is 0 Å². The SMILES string of the molecule is O=C(c1ccccc1)N1CCN(C(=S)Nc2ccc(OC(F)(F)F)cc2)CC1. The van der Waals surface area contributed by atoms with Crippen molar-refractivity contribution in [1.82, 2.24) is 9.80 Å². The molecule has 1 N–H and O–H groups in total. The normalized spacial score (nSPS) is 14.5. The Morgan fingerprint density at radius 1 is 0.929 bits per heavy atom. The molecule has 1 aliphatic rings. The van der Waals surface area contributed by atoms with Gasteiger partial charge in [-0.1, -0.05) is 18.2 Å². The second-order valence-electron chi connectivity index (χ2n) is 6.15. The van der Waals surface area contributed by atoms with Gasteiger partial charge in [-0.15, -0.1) is 13.2 Å². The summed E-state index contributed by atoms with van der Waals surface area (Å²) in [5.74, 6) is -0.309. The summed E-state index contributed by atoms with van der Waals surface area (Å²) in [6.45, 7) is 2.21. The lowest BCUT2D eigenvalue weighted by Gasteiger charge is -2.36. The Balaban J connectivity index is 1.51. The van der Waals surface area contributed by atoms with E-state index < -0.39 is 6.36 Å². The second kappa shape index (κ2) is 8.47. The van der Waals surface area contributed by atoms with Crippen LogP contribution < -0.4 is 10.1 Å². The molecular formula is C19H18F3N3O2S. The van der Waals surface area contributed by atoms with Crippen LogP contribution in [0.4, 0.5) is 18.9 Å². The predicted molar refractivity (Wildman–Crippen MR) is 103 cm³/mol. The van der Waals surface area contributed by atoms with Crippen molar-refractivity contribution in [3.63, 3.8) is 0 Å². The minimum atomic E-state index is -4.72. The zero-order chi connectivity index (χ0) is 20.1. The molecule has 1 saturated heterocycles. The van der Waals surface area contributed by atoms with Crippen LogP contribution in [0.15, 0.2) is 54.6 Å². The van der Waals surface area contributed by atoms with Crippen LogP contribution in [-0.4, -0.2) is 53.4 Å². The third kappa shape index (κ3) is 5.35. The number of rotatable bonds is 3. The molecule has 0 radical (unpaired) electrons. The molecule has 0 spiro atoms. The molecule has 0 atom stereocenters. The van der Waals surface area contributed by atoms with Crippen LogP contribution in [-0.2, 0) is 0 Å². The lowest BCUT2D eigenvalue weighted by molar-refractivity contribution is -0.274. The molecule has 0 saturated carbocycles. The molecule has 28 heavy (non-hydrogen) atoms. The Labute approximate surface area is 165 Å². The van der Waals surface area contributed by atoms with Gasteiger partial charge in [0.05, 0.1) is 0 Å². The number of ether oxygens (including phenoxy) is 1. The Hall–Kier alpha value is -2.81. The van der Waals surface area contributed by atoms with Crippen LogP contribution in [0.2, 0.25) is 0 Å². The maximum atomic E-state index is 12.5. The van der Waals surface area contributed by atoms with Gasteiger partial charge >= 0.3 is 6.36 Å². The van der Waals surface area contributed by atoms with Gasteiger partial charge in [-0.05, 0) is 48.6 Å². The zero-order valence-corrected chi connectivity index (χ0v) is 15.6. The number of anilines is 1. The molecule has 0 aromatic heterocycles. The average molecular weight is 409 g/mol. The number of carbonyl (C=O) groups is 1. The fourth-order valence-corrected chi connectivity index (χ4v) is 3.12. The number of hydrogen-bond donors (Lipinski definition) is 1. The van der Waals surface area contributed by atoms with Crippen LogP contribution in [0.5, 0.6) is 5.75 Å². The van der Waals surface area contributed by atoms with E-state index in [1.807, 2.05) is 23.1 Å². The highest BCUT2D eigenvalue weighted by molar-refractivity contribution is 7.80. The summed E-state index contributed by atoms with van der Waals surface area (Å²) in [6.07, 6.45) is -4.72. The van der Waals surface area contributed by atoms with Gasteiger partial charge in [0.25, 0.3) is 5.91 Å². The summed E-state index contributed by atoms with van der Waals surface area (Å²) in [5, 5.41) is 3.45. The van der Waals surface area contributed by atoms with Crippen LogP contribution in [0.1, 0.15) is 10.4 Å². The van der Waals surface area contributed by atoms with Crippen LogP contribution in [0.3, 0.4) is 0 Å². The molecule has 1 heterocycles. The number of nitrogens with one attached hydrogen (secondary N) is 1. The van der Waals surface area contributed by atoms with Gasteiger partial charge < -0.3 is 19.9 Å². The van der Waals surface area contributed by atoms with Crippen molar-refractivity contribution in [2.24, 2.45) is 0 Å². The Bertz CT molecular complexity index is 821. The fourth-order valence-electron chi connectivity index (χ4n) is 2.82. The van der Waals surface area contributed by atoms with Crippen molar-refractivity contribution >= 4 is 28.9 Å². The molecule has 1 amide bonds. The van der Waals surface area contributed by atoms with E-state index in [0.29, 0.717) is 42.5 Å². The standard InChI is InChI=1S/C19H18F3N3O2S/c20-19(21,22)27-16-8-6-15(7-9-16)23-18(28)25-12-10-24(11-13-25)17(26)14-4-2-1-3-5-14/h1-9H,10-13H2,(H,23,28). The highest BCUT2D eigenvalue weighted by atomic mass is 32.1. The molecule has 0 unspecified atom stereocenters. The summed E-state index contributed by atoms with van der Waals surface area (Å²) in [6, 6.07) is 14.4. The predicted octanol–water partition coefficient (Wildman–Crippen LogP) is 3.74. The molecule has 148 valence electrons. The first-order chi connectivity index (χ1) is 13.3. The first kappa shape index (κ1) is 19.9. The summed E-state index contributed by atoms with van der Waals surface area (Å²) < 4.78 is 40.4. The molecular weight excluding hydrogens is 391 g/mol. The molecule has 3 rings (SSSR count). The molecule has 5 nitrogen and oxygen atoms in total. The van der Waals surface area contributed by atoms with Crippen molar-refractivity contribution < 1.29 is 22.7 Å². The Morgan fingerprint density at radius 3 is 2.07 bits per heavy atom. The highest BCUT2D eigenvalue weighted by Gasteiger charge is 2.31. The van der Waals surface area contributed by atoms with Crippen molar-refractivity contribution in [1.29, 1.82) is 0 Å². The second-order valence-corrected chi connectivity index (χ2v) is 6.53. The monoisotopic (exact) mass is 409 g/mol. The van der Waals surface area contributed by atoms with Gasteiger partial charge in [0.2, 0.25) is 0 Å². The topological polar surface area (TPSA) is 44.8 Å². The number of benzene rings is 2. The third-order valence-corrected chi connectivity index (χ3v) is 4.57. The number of carbonyl (C=O) groups excluding carboxylic acids is 1. The minimum absolute atomic E-state index is 0.0145. The van der Waals surface area contributed by atoms with Crippen molar-refractivity contribution in [2.45, 2.75) is 6.36 Å². The molecule has 0 aliphatic carbocycles. The number of halogens is 3. The van der Waals surface area contributed by atoms with Gasteiger partial charge in [0.1, 0.15) is 5.75 Å². The van der Waals surface area contributed by atoms with Gasteiger partial charge in [-0.25, -0.2) is 0 Å². The van der Waals surface area contributed by atoms with Gasteiger partial charge in [0.15, 0.2) is 5.11 Å². The minimum Gasteiger partial charge on any atom is -0.406 e. The third-order valence-electron chi connectivity index (χ3n) is 4.21. The fraction of sp³-hybridized carbons (Fsp3) is 0.263. The van der Waals surface area contributed by atoms with E-state index in [-0.39, 0.29) is 11.7 Å². The number of hydrogen-bond acceptors (Lipinski definition) is 3. The Morgan fingerprint density at radius 2 is 1.50 bits per heavy atom. The van der Waals surface area contributed by atoms with E-state index >= 15 is 0 Å². The number of nitrogens with zero attached hydrogens (tertiary/aromatic N) is 2. The molecule has 1 aliphatic heterocycles. The highest BCUT2D eigenvalue weighted by Crippen LogP contribution is 2.24. The zero-order valence-electron chi connectivity index (χ0n) is 14.8. The van der Waals surface area contributed by atoms with Crippen molar-refractivity contribution in [2.75, 3.05) is 31.5 Å².